The second-order valence-corrected chi connectivity index (χ2v) is 6.90. The third-order valence-electron chi connectivity index (χ3n) is 4.48. The van der Waals surface area contributed by atoms with Crippen LogP contribution in [0.2, 0.25) is 5.02 Å². The van der Waals surface area contributed by atoms with Gasteiger partial charge in [-0.1, -0.05) is 11.6 Å². The van der Waals surface area contributed by atoms with Crippen LogP contribution in [0, 0.1) is 0 Å². The summed E-state index contributed by atoms with van der Waals surface area (Å²) in [6, 6.07) is 2.95. The Bertz CT molecular complexity index is 952. The summed E-state index contributed by atoms with van der Waals surface area (Å²) in [5, 5.41) is 5.35. The van der Waals surface area contributed by atoms with Gasteiger partial charge in [0.25, 0.3) is 5.91 Å². The highest BCUT2D eigenvalue weighted by molar-refractivity contribution is 6.33. The number of hydrogen-bond donors (Lipinski definition) is 2. The molecule has 0 radical (unpaired) electrons. The van der Waals surface area contributed by atoms with Crippen molar-refractivity contribution in [2.75, 3.05) is 50.6 Å². The van der Waals surface area contributed by atoms with Gasteiger partial charge in [-0.15, -0.1) is 0 Å². The molecule has 168 valence electrons. The number of nitrogens with zero attached hydrogens (tertiary/aromatic N) is 3. The summed E-state index contributed by atoms with van der Waals surface area (Å²) in [7, 11) is 1.33. The highest BCUT2D eigenvalue weighted by Crippen LogP contribution is 2.36. The molecule has 0 bridgehead atoms. The second-order valence-electron chi connectivity index (χ2n) is 6.49. The molecule has 8 nitrogen and oxygen atoms in total. The van der Waals surface area contributed by atoms with E-state index >= 15 is 0 Å². The summed E-state index contributed by atoms with van der Waals surface area (Å²) in [5.41, 5.74) is -0.429. The van der Waals surface area contributed by atoms with E-state index < -0.39 is 11.7 Å². The Morgan fingerprint density at radius 1 is 1.32 bits per heavy atom. The lowest BCUT2D eigenvalue weighted by molar-refractivity contribution is -0.137. The number of carbonyl (C=O) groups is 1. The Morgan fingerprint density at radius 2 is 2.03 bits per heavy atom. The maximum absolute atomic E-state index is 13.0. The van der Waals surface area contributed by atoms with Gasteiger partial charge in [0.2, 0.25) is 5.95 Å². The first kappa shape index (κ1) is 22.9. The number of benzene rings is 1. The van der Waals surface area contributed by atoms with Gasteiger partial charge in [0.15, 0.2) is 0 Å². The summed E-state index contributed by atoms with van der Waals surface area (Å²) in [6.45, 7) is 3.86. The summed E-state index contributed by atoms with van der Waals surface area (Å²) < 4.78 is 50.0. The maximum Gasteiger partial charge on any atom is 0.421 e. The van der Waals surface area contributed by atoms with Crippen molar-refractivity contribution in [3.63, 3.8) is 0 Å². The molecule has 0 spiro atoms. The topological polar surface area (TPSA) is 88.6 Å². The van der Waals surface area contributed by atoms with Gasteiger partial charge in [-0.05, 0) is 13.0 Å². The molecule has 0 saturated carbocycles. The number of alkyl halides is 3. The van der Waals surface area contributed by atoms with Gasteiger partial charge in [0.1, 0.15) is 17.1 Å². The highest BCUT2D eigenvalue weighted by Gasteiger charge is 2.35. The standard InChI is InChI=1S/C19H21ClF3N5O3/c1-3-31-15-9-14(13(20)8-11(15)17(29)28-4-6-30-7-5-28)26-18-25-10-12(19(21,22)23)16(24-2)27-18/h8-10H,3-7H2,1-2H3,(H2,24,25,26,27). The van der Waals surface area contributed by atoms with E-state index in [-0.39, 0.29) is 39.7 Å². The Hall–Kier alpha value is -2.79. The molecule has 31 heavy (non-hydrogen) atoms. The van der Waals surface area contributed by atoms with Gasteiger partial charge in [-0.25, -0.2) is 4.98 Å². The number of hydrogen-bond acceptors (Lipinski definition) is 7. The molecule has 1 amide bonds. The van der Waals surface area contributed by atoms with E-state index in [9.17, 15) is 18.0 Å². The third kappa shape index (κ3) is 5.28. The molecular weight excluding hydrogens is 439 g/mol. The van der Waals surface area contributed by atoms with E-state index in [1.807, 2.05) is 0 Å². The zero-order valence-electron chi connectivity index (χ0n) is 16.8. The minimum atomic E-state index is -4.60. The fourth-order valence-electron chi connectivity index (χ4n) is 2.99. The molecule has 2 N–H and O–H groups in total. The van der Waals surface area contributed by atoms with Crippen LogP contribution < -0.4 is 15.4 Å². The van der Waals surface area contributed by atoms with Crippen molar-refractivity contribution in [1.29, 1.82) is 0 Å². The van der Waals surface area contributed by atoms with E-state index in [2.05, 4.69) is 20.6 Å². The number of aromatic nitrogens is 2. The third-order valence-corrected chi connectivity index (χ3v) is 4.79. The molecule has 12 heteroatoms. The van der Waals surface area contributed by atoms with Crippen molar-refractivity contribution in [3.05, 3.63) is 34.5 Å². The quantitative estimate of drug-likeness (QED) is 0.679. The van der Waals surface area contributed by atoms with E-state index in [0.717, 1.165) is 0 Å². The molecule has 3 rings (SSSR count). The minimum absolute atomic E-state index is 0.103. The number of halogens is 4. The normalized spacial score (nSPS) is 14.3. The molecule has 0 unspecified atom stereocenters. The van der Waals surface area contributed by atoms with Gasteiger partial charge in [0.05, 0.1) is 36.1 Å². The van der Waals surface area contributed by atoms with Crippen molar-refractivity contribution >= 4 is 35.0 Å². The predicted molar refractivity (Wildman–Crippen MR) is 109 cm³/mol. The van der Waals surface area contributed by atoms with Crippen LogP contribution in [0.3, 0.4) is 0 Å². The van der Waals surface area contributed by atoms with Crippen molar-refractivity contribution < 1.29 is 27.4 Å². The van der Waals surface area contributed by atoms with Gasteiger partial charge in [-0.2, -0.15) is 18.2 Å². The van der Waals surface area contributed by atoms with Crippen LogP contribution in [0.1, 0.15) is 22.8 Å². The molecule has 1 saturated heterocycles. The summed E-state index contributed by atoms with van der Waals surface area (Å²) >= 11 is 6.35. The minimum Gasteiger partial charge on any atom is -0.493 e. The number of amides is 1. The van der Waals surface area contributed by atoms with E-state index in [1.54, 1.807) is 11.8 Å². The fraction of sp³-hybridized carbons (Fsp3) is 0.421. The Balaban J connectivity index is 1.92. The summed E-state index contributed by atoms with van der Waals surface area (Å²) in [5.74, 6) is -0.450. The number of morpholine rings is 1. The molecule has 2 aromatic rings. The predicted octanol–water partition coefficient (Wildman–Crippen LogP) is 3.81. The summed E-state index contributed by atoms with van der Waals surface area (Å²) in [6.07, 6.45) is -3.92. The molecule has 2 heterocycles. The van der Waals surface area contributed by atoms with Crippen molar-refractivity contribution in [1.82, 2.24) is 14.9 Å². The smallest absolute Gasteiger partial charge is 0.421 e. The van der Waals surface area contributed by atoms with Crippen molar-refractivity contribution in [2.24, 2.45) is 0 Å². The van der Waals surface area contributed by atoms with E-state index in [0.29, 0.717) is 39.1 Å². The number of rotatable bonds is 6. The van der Waals surface area contributed by atoms with Crippen molar-refractivity contribution in [2.45, 2.75) is 13.1 Å². The van der Waals surface area contributed by atoms with Gasteiger partial charge >= 0.3 is 6.18 Å². The van der Waals surface area contributed by atoms with Gasteiger partial charge < -0.3 is 25.0 Å². The summed E-state index contributed by atoms with van der Waals surface area (Å²) in [4.78, 5) is 22.1. The maximum atomic E-state index is 13.0. The molecule has 1 aliphatic rings. The zero-order chi connectivity index (χ0) is 22.6. The second kappa shape index (κ2) is 9.56. The number of ether oxygens (including phenoxy) is 2. The van der Waals surface area contributed by atoms with Crippen LogP contribution in [0.15, 0.2) is 18.3 Å². The first-order valence-electron chi connectivity index (χ1n) is 9.47. The first-order chi connectivity index (χ1) is 14.7. The van der Waals surface area contributed by atoms with E-state index in [1.165, 1.54) is 19.2 Å². The Labute approximate surface area is 181 Å². The average Bonchev–Trinajstić information content (AvgIpc) is 2.75. The van der Waals surface area contributed by atoms with Crippen LogP contribution in [-0.4, -0.2) is 60.7 Å². The molecule has 1 aliphatic heterocycles. The molecule has 0 aliphatic carbocycles. The van der Waals surface area contributed by atoms with Crippen LogP contribution >= 0.6 is 11.6 Å². The zero-order valence-corrected chi connectivity index (χ0v) is 17.6. The highest BCUT2D eigenvalue weighted by atomic mass is 35.5. The molecule has 0 atom stereocenters. The molecule has 1 fully saturated rings. The van der Waals surface area contributed by atoms with Crippen LogP contribution in [0.25, 0.3) is 0 Å². The SMILES string of the molecule is CCOc1cc(Nc2ncc(C(F)(F)F)c(NC)n2)c(Cl)cc1C(=O)N1CCOCC1. The monoisotopic (exact) mass is 459 g/mol. The first-order valence-corrected chi connectivity index (χ1v) is 9.84. The largest absolute Gasteiger partial charge is 0.493 e. The van der Waals surface area contributed by atoms with Gasteiger partial charge in [0, 0.05) is 32.4 Å². The lowest BCUT2D eigenvalue weighted by atomic mass is 10.1. The Morgan fingerprint density at radius 3 is 2.65 bits per heavy atom. The van der Waals surface area contributed by atoms with Gasteiger partial charge in [-0.3, -0.25) is 4.79 Å². The number of carbonyl (C=O) groups excluding carboxylic acids is 1. The van der Waals surface area contributed by atoms with Crippen LogP contribution in [0.4, 0.5) is 30.6 Å². The Kier molecular flexibility index (Phi) is 7.06. The van der Waals surface area contributed by atoms with Crippen LogP contribution in [0.5, 0.6) is 5.75 Å². The van der Waals surface area contributed by atoms with E-state index in [4.69, 9.17) is 21.1 Å². The lowest BCUT2D eigenvalue weighted by Crippen LogP contribution is -2.40. The molecule has 1 aromatic carbocycles. The number of anilines is 3. The van der Waals surface area contributed by atoms with Crippen LogP contribution in [-0.2, 0) is 10.9 Å². The average molecular weight is 460 g/mol. The van der Waals surface area contributed by atoms with Crippen molar-refractivity contribution in [3.8, 4) is 5.75 Å². The lowest BCUT2D eigenvalue weighted by Gasteiger charge is -2.27. The number of nitrogens with one attached hydrogen (secondary N) is 2. The molecule has 1 aromatic heterocycles. The fourth-order valence-corrected chi connectivity index (χ4v) is 3.20. The molecular formula is C19H21ClF3N5O3.